The fourth-order valence-electron chi connectivity index (χ4n) is 6.79. The minimum atomic E-state index is -3.60. The van der Waals surface area contributed by atoms with Crippen LogP contribution in [0.3, 0.4) is 0 Å². The maximum absolute atomic E-state index is 13.5. The average molecular weight is 903 g/mol. The first-order valence-corrected chi connectivity index (χ1v) is 22.5. The number of ether oxygens (including phenoxy) is 1. The Bertz CT molecular complexity index is 3200. The fourth-order valence-corrected chi connectivity index (χ4v) is 7.93. The van der Waals surface area contributed by atoms with Crippen LogP contribution in [0.1, 0.15) is 27.6 Å². The molecule has 0 aliphatic carbocycles. The zero-order chi connectivity index (χ0) is 44.3. The van der Waals surface area contributed by atoms with E-state index in [0.29, 0.717) is 49.9 Å². The van der Waals surface area contributed by atoms with Crippen molar-refractivity contribution in [1.82, 2.24) is 0 Å². The SMILES string of the molecule is CCOC(=O)c1c(-c2ccc(F)cc2)oc2cc(NS(C)(=O)=O)c(-c3ccccc3)cc12.CS(=O)(=O)Nc1cc2oc(-c3ccc(F)cc3)c(C(=O)O)c2cc1-c1ccccc1.[Li+].[OH-]. The summed E-state index contributed by atoms with van der Waals surface area (Å²) in [6, 6.07) is 35.2. The number of hydrogen-bond acceptors (Lipinski definition) is 10. The molecule has 0 saturated carbocycles. The molecule has 0 amide bonds. The predicted octanol–water partition coefficient (Wildman–Crippen LogP) is 7.26. The molecule has 8 aromatic rings. The van der Waals surface area contributed by atoms with Gasteiger partial charge in [0.25, 0.3) is 0 Å². The molecule has 8 rings (SSSR count). The van der Waals surface area contributed by atoms with Crippen LogP contribution in [0.25, 0.3) is 66.8 Å². The van der Waals surface area contributed by atoms with Crippen molar-refractivity contribution in [2.24, 2.45) is 0 Å². The quantitative estimate of drug-likeness (QED) is 0.0869. The van der Waals surface area contributed by atoms with Crippen LogP contribution in [0.4, 0.5) is 20.2 Å². The number of carbonyl (C=O) groups is 2. The smallest absolute Gasteiger partial charge is 0.870 e. The number of rotatable bonds is 11. The van der Waals surface area contributed by atoms with Crippen molar-refractivity contribution in [3.63, 3.8) is 0 Å². The molecule has 4 N–H and O–H groups in total. The summed E-state index contributed by atoms with van der Waals surface area (Å²) in [7, 11) is -7.19. The van der Waals surface area contributed by atoms with Crippen LogP contribution >= 0.6 is 0 Å². The van der Waals surface area contributed by atoms with E-state index in [1.54, 1.807) is 43.3 Å². The van der Waals surface area contributed by atoms with Gasteiger partial charge in [0.15, 0.2) is 0 Å². The minimum absolute atomic E-state index is 0. The molecule has 64 heavy (non-hydrogen) atoms. The second-order valence-corrected chi connectivity index (χ2v) is 17.4. The zero-order valence-corrected chi connectivity index (χ0v) is 36.2. The van der Waals surface area contributed by atoms with Crippen LogP contribution in [0.15, 0.2) is 142 Å². The van der Waals surface area contributed by atoms with Crippen LogP contribution in [-0.2, 0) is 24.8 Å². The number of fused-ring (bicyclic) bond motifs is 2. The Morgan fingerprint density at radius 2 is 0.969 bits per heavy atom. The maximum atomic E-state index is 13.5. The summed E-state index contributed by atoms with van der Waals surface area (Å²) in [5, 5.41) is 10.6. The number of carboxylic acid groups (broad SMARTS) is 1. The van der Waals surface area contributed by atoms with Crippen molar-refractivity contribution in [3.8, 4) is 44.9 Å². The van der Waals surface area contributed by atoms with Crippen molar-refractivity contribution < 1.29 is 78.2 Å². The van der Waals surface area contributed by atoms with Crippen LogP contribution in [-0.4, -0.2) is 58.5 Å². The molecule has 0 spiro atoms. The molecule has 13 nitrogen and oxygen atoms in total. The Balaban J connectivity index is 0.000000234. The van der Waals surface area contributed by atoms with Crippen LogP contribution in [0, 0.1) is 11.6 Å². The Hall–Kier alpha value is -6.74. The van der Waals surface area contributed by atoms with Gasteiger partial charge in [0.2, 0.25) is 20.0 Å². The molecule has 6 aromatic carbocycles. The molecule has 0 atom stereocenters. The number of nitrogens with one attached hydrogen (secondary N) is 2. The number of aromatic carboxylic acids is 1. The summed E-state index contributed by atoms with van der Waals surface area (Å²) >= 11 is 0. The van der Waals surface area contributed by atoms with Gasteiger partial charge in [0, 0.05) is 45.2 Å². The van der Waals surface area contributed by atoms with Crippen LogP contribution < -0.4 is 28.3 Å². The normalized spacial score (nSPS) is 11.1. The average Bonchev–Trinajstić information content (AvgIpc) is 3.79. The molecule has 0 unspecified atom stereocenters. The summed E-state index contributed by atoms with van der Waals surface area (Å²) in [5.41, 5.74) is 4.56. The number of halogens is 2. The molecule has 2 heterocycles. The van der Waals surface area contributed by atoms with E-state index < -0.39 is 43.6 Å². The summed E-state index contributed by atoms with van der Waals surface area (Å²) in [6.07, 6.45) is 2.09. The van der Waals surface area contributed by atoms with E-state index >= 15 is 0 Å². The van der Waals surface area contributed by atoms with Crippen LogP contribution in [0.5, 0.6) is 0 Å². The second kappa shape index (κ2) is 19.8. The molecular formula is C46H37F2LiN2O11S2. The first-order valence-electron chi connectivity index (χ1n) is 18.7. The van der Waals surface area contributed by atoms with Gasteiger partial charge in [-0.15, -0.1) is 0 Å². The van der Waals surface area contributed by atoms with E-state index in [4.69, 9.17) is 13.6 Å². The monoisotopic (exact) mass is 902 g/mol. The van der Waals surface area contributed by atoms with E-state index in [2.05, 4.69) is 9.44 Å². The summed E-state index contributed by atoms with van der Waals surface area (Å²) in [4.78, 5) is 24.9. The van der Waals surface area contributed by atoms with E-state index in [9.17, 15) is 40.3 Å². The van der Waals surface area contributed by atoms with Gasteiger partial charge in [0.1, 0.15) is 45.4 Å². The number of hydrogen-bond donors (Lipinski definition) is 3. The molecule has 0 aliphatic heterocycles. The number of furan rings is 2. The van der Waals surface area contributed by atoms with Crippen molar-refractivity contribution in [3.05, 3.63) is 156 Å². The molecule has 0 saturated heterocycles. The molecule has 18 heteroatoms. The molecule has 0 aliphatic rings. The first kappa shape index (κ1) is 48.3. The topological polar surface area (TPSA) is 212 Å². The van der Waals surface area contributed by atoms with Crippen molar-refractivity contribution in [1.29, 1.82) is 0 Å². The summed E-state index contributed by atoms with van der Waals surface area (Å²) < 4.78 is 96.5. The number of esters is 1. The summed E-state index contributed by atoms with van der Waals surface area (Å²) in [6.45, 7) is 1.86. The number of anilines is 2. The van der Waals surface area contributed by atoms with Gasteiger partial charge in [-0.1, -0.05) is 60.7 Å². The van der Waals surface area contributed by atoms with Crippen molar-refractivity contribution >= 4 is 65.3 Å². The van der Waals surface area contributed by atoms with Gasteiger partial charge >= 0.3 is 30.8 Å². The second-order valence-electron chi connectivity index (χ2n) is 13.9. The number of carbonyl (C=O) groups excluding carboxylic acids is 1. The zero-order valence-electron chi connectivity index (χ0n) is 34.5. The van der Waals surface area contributed by atoms with Crippen LogP contribution in [0.2, 0.25) is 0 Å². The molecular weight excluding hydrogens is 866 g/mol. The molecule has 2 aromatic heterocycles. The van der Waals surface area contributed by atoms with Gasteiger partial charge in [0.05, 0.1) is 30.5 Å². The molecule has 0 bridgehead atoms. The first-order chi connectivity index (χ1) is 29.5. The molecule has 324 valence electrons. The largest absolute Gasteiger partial charge is 1.00 e. The van der Waals surface area contributed by atoms with Crippen molar-refractivity contribution in [2.45, 2.75) is 6.92 Å². The van der Waals surface area contributed by atoms with E-state index in [1.165, 1.54) is 60.7 Å². The Morgan fingerprint density at radius 1 is 0.594 bits per heavy atom. The number of carboxylic acids is 1. The van der Waals surface area contributed by atoms with E-state index in [-0.39, 0.29) is 64.9 Å². The number of sulfonamides is 2. The summed E-state index contributed by atoms with van der Waals surface area (Å²) in [5.74, 6) is -2.41. The third-order valence-corrected chi connectivity index (χ3v) is 10.5. The van der Waals surface area contributed by atoms with Gasteiger partial charge in [-0.05, 0) is 78.7 Å². The Kier molecular flexibility index (Phi) is 14.9. The third kappa shape index (κ3) is 10.9. The Labute approximate surface area is 378 Å². The molecule has 0 radical (unpaired) electrons. The van der Waals surface area contributed by atoms with Gasteiger partial charge in [-0.25, -0.2) is 35.2 Å². The van der Waals surface area contributed by atoms with Gasteiger partial charge < -0.3 is 24.2 Å². The third-order valence-electron chi connectivity index (χ3n) is 9.32. The Morgan fingerprint density at radius 3 is 1.33 bits per heavy atom. The maximum Gasteiger partial charge on any atom is 1.00 e. The van der Waals surface area contributed by atoms with Gasteiger partial charge in [-0.3, -0.25) is 9.44 Å². The predicted molar refractivity (Wildman–Crippen MR) is 236 cm³/mol. The minimum Gasteiger partial charge on any atom is -0.870 e. The number of benzene rings is 6. The fraction of sp³-hybridized carbons (Fsp3) is 0.0870. The standard InChI is InChI=1S/C24H20FNO5S.C22H16FNO5S.Li.H2O/c1-3-30-24(27)22-19-13-18(15-7-5-4-6-8-15)20(26-32(2,28)29)14-21(19)31-23(22)16-9-11-17(25)12-10-16;1-30(27,28)24-18-12-19-17(11-16(18)13-5-3-2-4-6-13)20(22(25)26)21(29-19)14-7-9-15(23)10-8-14;;/h4-14,26H,3H2,1-2H3;2-12,24H,1H3,(H,25,26);;1H2/q;;+1;/p-1. The van der Waals surface area contributed by atoms with E-state index in [1.807, 2.05) is 36.4 Å². The van der Waals surface area contributed by atoms with E-state index in [0.717, 1.165) is 18.1 Å². The molecule has 0 fully saturated rings. The van der Waals surface area contributed by atoms with Crippen molar-refractivity contribution in [2.75, 3.05) is 28.6 Å². The van der Waals surface area contributed by atoms with Gasteiger partial charge in [-0.2, -0.15) is 0 Å².